The van der Waals surface area contributed by atoms with Gasteiger partial charge in [0.25, 0.3) is 5.91 Å². The minimum atomic E-state index is -0.477. The number of hydrogen-bond donors (Lipinski definition) is 2. The molecule has 4 nitrogen and oxygen atoms in total. The van der Waals surface area contributed by atoms with E-state index in [0.29, 0.717) is 6.54 Å². The van der Waals surface area contributed by atoms with Crippen molar-refractivity contribution in [3.63, 3.8) is 0 Å². The second kappa shape index (κ2) is 8.67. The van der Waals surface area contributed by atoms with Gasteiger partial charge in [0.2, 0.25) is 0 Å². The molecule has 0 fully saturated rings. The second-order valence-electron chi connectivity index (χ2n) is 5.49. The molecule has 0 radical (unpaired) electrons. The molecule has 1 rings (SSSR count). The van der Waals surface area contributed by atoms with Gasteiger partial charge in [-0.05, 0) is 50.9 Å². The standard InChI is InChI=1S/C17H28N2O2/c1-6-7-8-19-17(20)14(4)21-16-12(2)9-15(11-18-5)10-13(16)3/h9-10,14,18H,6-8,11H2,1-5H3,(H,19,20). The molecule has 1 aromatic rings. The van der Waals surface area contributed by atoms with Crippen LogP contribution in [0, 0.1) is 13.8 Å². The van der Waals surface area contributed by atoms with Crippen LogP contribution in [0.1, 0.15) is 43.4 Å². The fourth-order valence-electron chi connectivity index (χ4n) is 2.29. The number of aryl methyl sites for hydroxylation is 2. The Morgan fingerprint density at radius 3 is 2.43 bits per heavy atom. The monoisotopic (exact) mass is 292 g/mol. The maximum atomic E-state index is 12.0. The average Bonchev–Trinajstić information content (AvgIpc) is 2.43. The van der Waals surface area contributed by atoms with Crippen molar-refractivity contribution < 1.29 is 9.53 Å². The van der Waals surface area contributed by atoms with E-state index in [-0.39, 0.29) is 5.91 Å². The maximum Gasteiger partial charge on any atom is 0.260 e. The molecule has 0 aliphatic carbocycles. The van der Waals surface area contributed by atoms with Gasteiger partial charge in [0, 0.05) is 13.1 Å². The lowest BCUT2D eigenvalue weighted by Gasteiger charge is -2.19. The summed E-state index contributed by atoms with van der Waals surface area (Å²) in [7, 11) is 1.93. The van der Waals surface area contributed by atoms with E-state index in [4.69, 9.17) is 4.74 Å². The van der Waals surface area contributed by atoms with Crippen molar-refractivity contribution in [1.82, 2.24) is 10.6 Å². The van der Waals surface area contributed by atoms with Crippen molar-refractivity contribution in [3.05, 3.63) is 28.8 Å². The normalized spacial score (nSPS) is 12.0. The first-order valence-electron chi connectivity index (χ1n) is 7.68. The predicted octanol–water partition coefficient (Wildman–Crippen LogP) is 2.71. The highest BCUT2D eigenvalue weighted by Crippen LogP contribution is 2.26. The van der Waals surface area contributed by atoms with E-state index in [0.717, 1.165) is 36.3 Å². The maximum absolute atomic E-state index is 12.0. The van der Waals surface area contributed by atoms with Crippen LogP contribution < -0.4 is 15.4 Å². The number of rotatable bonds is 8. The second-order valence-corrected chi connectivity index (χ2v) is 5.49. The van der Waals surface area contributed by atoms with Gasteiger partial charge in [-0.1, -0.05) is 25.5 Å². The fraction of sp³-hybridized carbons (Fsp3) is 0.588. The number of carbonyl (C=O) groups is 1. The van der Waals surface area contributed by atoms with Gasteiger partial charge in [0.1, 0.15) is 5.75 Å². The molecule has 1 amide bonds. The van der Waals surface area contributed by atoms with Gasteiger partial charge in [-0.25, -0.2) is 0 Å². The number of ether oxygens (including phenoxy) is 1. The molecule has 0 aromatic heterocycles. The number of nitrogens with one attached hydrogen (secondary N) is 2. The van der Waals surface area contributed by atoms with Crippen molar-refractivity contribution in [2.45, 2.75) is 53.2 Å². The van der Waals surface area contributed by atoms with E-state index in [1.807, 2.05) is 20.9 Å². The van der Waals surface area contributed by atoms with Gasteiger partial charge in [-0.15, -0.1) is 0 Å². The van der Waals surface area contributed by atoms with Crippen LogP contribution in [0.15, 0.2) is 12.1 Å². The molecule has 1 atom stereocenters. The molecule has 0 aliphatic heterocycles. The first kappa shape index (κ1) is 17.5. The Balaban J connectivity index is 2.71. The van der Waals surface area contributed by atoms with Crippen LogP contribution in [0.2, 0.25) is 0 Å². The Labute approximate surface area is 128 Å². The molecule has 1 unspecified atom stereocenters. The minimum absolute atomic E-state index is 0.0541. The smallest absolute Gasteiger partial charge is 0.260 e. The van der Waals surface area contributed by atoms with Gasteiger partial charge in [-0.3, -0.25) is 4.79 Å². The Morgan fingerprint density at radius 1 is 1.29 bits per heavy atom. The lowest BCUT2D eigenvalue weighted by atomic mass is 10.1. The molecule has 118 valence electrons. The van der Waals surface area contributed by atoms with Crippen LogP contribution in [-0.4, -0.2) is 25.6 Å². The molecule has 0 heterocycles. The van der Waals surface area contributed by atoms with E-state index < -0.39 is 6.10 Å². The number of carbonyl (C=O) groups excluding carboxylic acids is 1. The highest BCUT2D eigenvalue weighted by molar-refractivity contribution is 5.80. The Morgan fingerprint density at radius 2 is 1.90 bits per heavy atom. The lowest BCUT2D eigenvalue weighted by molar-refractivity contribution is -0.127. The summed E-state index contributed by atoms with van der Waals surface area (Å²) in [5.74, 6) is 0.759. The van der Waals surface area contributed by atoms with Gasteiger partial charge in [0.15, 0.2) is 6.10 Å². The van der Waals surface area contributed by atoms with Crippen LogP contribution in [0.4, 0.5) is 0 Å². The predicted molar refractivity (Wildman–Crippen MR) is 86.7 cm³/mol. The van der Waals surface area contributed by atoms with Gasteiger partial charge < -0.3 is 15.4 Å². The van der Waals surface area contributed by atoms with Gasteiger partial charge in [0.05, 0.1) is 0 Å². The minimum Gasteiger partial charge on any atom is -0.480 e. The third-order valence-corrected chi connectivity index (χ3v) is 3.39. The van der Waals surface area contributed by atoms with Crippen molar-refractivity contribution >= 4 is 5.91 Å². The fourth-order valence-corrected chi connectivity index (χ4v) is 2.29. The quantitative estimate of drug-likeness (QED) is 0.724. The van der Waals surface area contributed by atoms with Gasteiger partial charge >= 0.3 is 0 Å². The van der Waals surface area contributed by atoms with E-state index >= 15 is 0 Å². The largest absolute Gasteiger partial charge is 0.480 e. The SMILES string of the molecule is CCCCNC(=O)C(C)Oc1c(C)cc(CNC)cc1C. The highest BCUT2D eigenvalue weighted by Gasteiger charge is 2.16. The number of unbranched alkanes of at least 4 members (excludes halogenated alkanes) is 1. The molecule has 21 heavy (non-hydrogen) atoms. The zero-order chi connectivity index (χ0) is 15.8. The molecule has 0 bridgehead atoms. The van der Waals surface area contributed by atoms with E-state index in [2.05, 4.69) is 29.7 Å². The van der Waals surface area contributed by atoms with Gasteiger partial charge in [-0.2, -0.15) is 0 Å². The number of hydrogen-bond acceptors (Lipinski definition) is 3. The van der Waals surface area contributed by atoms with Crippen molar-refractivity contribution in [2.75, 3.05) is 13.6 Å². The Kier molecular flexibility index (Phi) is 7.23. The summed E-state index contributed by atoms with van der Waals surface area (Å²) in [5.41, 5.74) is 3.35. The van der Waals surface area contributed by atoms with Crippen LogP contribution in [0.5, 0.6) is 5.75 Å². The van der Waals surface area contributed by atoms with Crippen molar-refractivity contribution in [2.24, 2.45) is 0 Å². The molecule has 4 heteroatoms. The van der Waals surface area contributed by atoms with E-state index in [1.54, 1.807) is 6.92 Å². The van der Waals surface area contributed by atoms with Crippen molar-refractivity contribution in [3.8, 4) is 5.75 Å². The number of amides is 1. The summed E-state index contributed by atoms with van der Waals surface area (Å²) < 4.78 is 5.87. The van der Waals surface area contributed by atoms with Crippen LogP contribution in [0.25, 0.3) is 0 Å². The van der Waals surface area contributed by atoms with Crippen LogP contribution >= 0.6 is 0 Å². The molecule has 0 saturated heterocycles. The Bertz CT molecular complexity index is 449. The summed E-state index contributed by atoms with van der Waals surface area (Å²) in [4.78, 5) is 12.0. The molecule has 0 saturated carbocycles. The van der Waals surface area contributed by atoms with Crippen LogP contribution in [-0.2, 0) is 11.3 Å². The Hall–Kier alpha value is -1.55. The first-order valence-corrected chi connectivity index (χ1v) is 7.68. The van der Waals surface area contributed by atoms with E-state index in [9.17, 15) is 4.79 Å². The summed E-state index contributed by atoms with van der Waals surface area (Å²) in [6, 6.07) is 4.20. The average molecular weight is 292 g/mol. The lowest BCUT2D eigenvalue weighted by Crippen LogP contribution is -2.37. The first-order chi connectivity index (χ1) is 9.99. The third kappa shape index (κ3) is 5.38. The van der Waals surface area contributed by atoms with Crippen molar-refractivity contribution in [1.29, 1.82) is 0 Å². The summed E-state index contributed by atoms with van der Waals surface area (Å²) in [6.07, 6.45) is 1.59. The summed E-state index contributed by atoms with van der Waals surface area (Å²) in [5, 5.41) is 6.04. The zero-order valence-electron chi connectivity index (χ0n) is 13.9. The topological polar surface area (TPSA) is 50.4 Å². The molecule has 0 aliphatic rings. The molecule has 0 spiro atoms. The molecule has 1 aromatic carbocycles. The van der Waals surface area contributed by atoms with Crippen LogP contribution in [0.3, 0.4) is 0 Å². The third-order valence-electron chi connectivity index (χ3n) is 3.39. The molecule has 2 N–H and O–H groups in total. The number of benzene rings is 1. The van der Waals surface area contributed by atoms with E-state index in [1.165, 1.54) is 5.56 Å². The molecular formula is C17H28N2O2. The highest BCUT2D eigenvalue weighted by atomic mass is 16.5. The molecular weight excluding hydrogens is 264 g/mol. The summed E-state index contributed by atoms with van der Waals surface area (Å²) in [6.45, 7) is 9.47. The zero-order valence-corrected chi connectivity index (χ0v) is 13.9. The summed E-state index contributed by atoms with van der Waals surface area (Å²) >= 11 is 0.